The van der Waals surface area contributed by atoms with E-state index >= 15 is 0 Å². The highest BCUT2D eigenvalue weighted by Gasteiger charge is 2.61. The van der Waals surface area contributed by atoms with E-state index in [4.69, 9.17) is 0 Å². The van der Waals surface area contributed by atoms with Gasteiger partial charge in [-0.25, -0.2) is 0 Å². The van der Waals surface area contributed by atoms with E-state index in [1.165, 1.54) is 5.57 Å². The van der Waals surface area contributed by atoms with Crippen LogP contribution in [0.3, 0.4) is 0 Å². The average molecular weight is 292 g/mol. The fourth-order valence-corrected chi connectivity index (χ4v) is 3.47. The minimum absolute atomic E-state index is 0.0704. The molecule has 1 heterocycles. The van der Waals surface area contributed by atoms with Gasteiger partial charge in [0.1, 0.15) is 0 Å². The van der Waals surface area contributed by atoms with Crippen LogP contribution in [-0.4, -0.2) is 47.8 Å². The number of carbonyl (C=O) groups is 2. The van der Waals surface area contributed by atoms with Crippen molar-refractivity contribution in [2.45, 2.75) is 41.0 Å². The molecule has 118 valence electrons. The van der Waals surface area contributed by atoms with Crippen molar-refractivity contribution in [2.24, 2.45) is 17.3 Å². The van der Waals surface area contributed by atoms with Gasteiger partial charge in [-0.3, -0.25) is 9.59 Å². The van der Waals surface area contributed by atoms with E-state index in [-0.39, 0.29) is 23.1 Å². The summed E-state index contributed by atoms with van der Waals surface area (Å²) < 4.78 is 0. The summed E-state index contributed by atoms with van der Waals surface area (Å²) in [6.45, 7) is 13.0. The predicted octanol–water partition coefficient (Wildman–Crippen LogP) is 2.31. The first kappa shape index (κ1) is 16.1. The maximum atomic E-state index is 12.8. The van der Waals surface area contributed by atoms with Crippen molar-refractivity contribution < 1.29 is 9.59 Å². The highest BCUT2D eigenvalue weighted by Crippen LogP contribution is 2.60. The van der Waals surface area contributed by atoms with Gasteiger partial charge in [-0.15, -0.1) is 0 Å². The summed E-state index contributed by atoms with van der Waals surface area (Å²) in [6.07, 6.45) is 3.12. The van der Waals surface area contributed by atoms with Gasteiger partial charge in [0.2, 0.25) is 11.8 Å². The van der Waals surface area contributed by atoms with Crippen LogP contribution < -0.4 is 0 Å². The van der Waals surface area contributed by atoms with Gasteiger partial charge in [0.05, 0.1) is 5.92 Å². The molecule has 0 bridgehead atoms. The van der Waals surface area contributed by atoms with Crippen LogP contribution in [0.1, 0.15) is 41.0 Å². The van der Waals surface area contributed by atoms with Crippen LogP contribution in [0.15, 0.2) is 11.6 Å². The molecule has 1 saturated heterocycles. The van der Waals surface area contributed by atoms with Gasteiger partial charge in [-0.05, 0) is 31.6 Å². The summed E-state index contributed by atoms with van der Waals surface area (Å²) in [4.78, 5) is 28.1. The first-order chi connectivity index (χ1) is 9.75. The molecule has 1 aliphatic carbocycles. The van der Waals surface area contributed by atoms with Crippen molar-refractivity contribution in [3.8, 4) is 0 Å². The first-order valence-corrected chi connectivity index (χ1v) is 7.94. The average Bonchev–Trinajstić information content (AvgIpc) is 2.99. The van der Waals surface area contributed by atoms with Crippen LogP contribution in [0.2, 0.25) is 0 Å². The summed E-state index contributed by atoms with van der Waals surface area (Å²) in [6, 6.07) is 0. The Morgan fingerprint density at radius 2 is 1.57 bits per heavy atom. The molecule has 2 rings (SSSR count). The molecule has 2 fully saturated rings. The summed E-state index contributed by atoms with van der Waals surface area (Å²) in [5, 5.41) is 0. The maximum absolute atomic E-state index is 12.8. The summed E-state index contributed by atoms with van der Waals surface area (Å²) in [5.41, 5.74) is 1.35. The number of carbonyl (C=O) groups excluding carboxylic acids is 2. The molecule has 0 aromatic carbocycles. The topological polar surface area (TPSA) is 40.6 Å². The first-order valence-electron chi connectivity index (χ1n) is 7.94. The second-order valence-corrected chi connectivity index (χ2v) is 7.25. The molecule has 2 aliphatic rings. The lowest BCUT2D eigenvalue weighted by Gasteiger charge is -2.22. The second kappa shape index (κ2) is 5.82. The number of amides is 2. The zero-order valence-electron chi connectivity index (χ0n) is 14.0. The lowest BCUT2D eigenvalue weighted by Crippen LogP contribution is -2.38. The van der Waals surface area contributed by atoms with Crippen LogP contribution in [0.5, 0.6) is 0 Å². The fourth-order valence-electron chi connectivity index (χ4n) is 3.47. The smallest absolute Gasteiger partial charge is 0.226 e. The molecule has 0 spiro atoms. The number of nitrogens with zero attached hydrogens (tertiary/aromatic N) is 2. The molecule has 21 heavy (non-hydrogen) atoms. The lowest BCUT2D eigenvalue weighted by atomic mass is 10.1. The highest BCUT2D eigenvalue weighted by atomic mass is 16.2. The van der Waals surface area contributed by atoms with Crippen molar-refractivity contribution in [2.75, 3.05) is 26.2 Å². The normalized spacial score (nSPS) is 27.9. The Labute approximate surface area is 128 Å². The van der Waals surface area contributed by atoms with Gasteiger partial charge < -0.3 is 9.80 Å². The summed E-state index contributed by atoms with van der Waals surface area (Å²) in [7, 11) is 0. The molecule has 1 saturated carbocycles. The molecule has 4 nitrogen and oxygen atoms in total. The third-order valence-corrected chi connectivity index (χ3v) is 4.94. The minimum Gasteiger partial charge on any atom is -0.341 e. The monoisotopic (exact) mass is 292 g/mol. The Kier molecular flexibility index (Phi) is 4.45. The van der Waals surface area contributed by atoms with E-state index in [1.54, 1.807) is 6.92 Å². The SMILES string of the molecule is CC(=O)N1CCCN(C(=O)C2C(C=C(C)C)C2(C)C)CC1. The van der Waals surface area contributed by atoms with Crippen LogP contribution >= 0.6 is 0 Å². The van der Waals surface area contributed by atoms with E-state index in [0.29, 0.717) is 19.0 Å². The van der Waals surface area contributed by atoms with Crippen LogP contribution in [0.4, 0.5) is 0 Å². The van der Waals surface area contributed by atoms with Crippen LogP contribution in [0, 0.1) is 17.3 Å². The van der Waals surface area contributed by atoms with E-state index in [1.807, 2.05) is 9.80 Å². The van der Waals surface area contributed by atoms with Crippen LogP contribution in [-0.2, 0) is 9.59 Å². The summed E-state index contributed by atoms with van der Waals surface area (Å²) in [5.74, 6) is 0.852. The zero-order valence-corrected chi connectivity index (χ0v) is 14.0. The zero-order chi connectivity index (χ0) is 15.8. The second-order valence-electron chi connectivity index (χ2n) is 7.25. The molecule has 1 aliphatic heterocycles. The van der Waals surface area contributed by atoms with E-state index in [2.05, 4.69) is 33.8 Å². The van der Waals surface area contributed by atoms with E-state index < -0.39 is 0 Å². The van der Waals surface area contributed by atoms with Gasteiger partial charge in [0.25, 0.3) is 0 Å². The number of hydrogen-bond donors (Lipinski definition) is 0. The molecular weight excluding hydrogens is 264 g/mol. The molecule has 2 atom stereocenters. The minimum atomic E-state index is 0.0704. The number of hydrogen-bond acceptors (Lipinski definition) is 2. The molecular formula is C17H28N2O2. The maximum Gasteiger partial charge on any atom is 0.226 e. The van der Waals surface area contributed by atoms with Gasteiger partial charge in [-0.1, -0.05) is 25.5 Å². The largest absolute Gasteiger partial charge is 0.341 e. The van der Waals surface area contributed by atoms with E-state index in [9.17, 15) is 9.59 Å². The molecule has 4 heteroatoms. The van der Waals surface area contributed by atoms with Gasteiger partial charge >= 0.3 is 0 Å². The molecule has 2 unspecified atom stereocenters. The Bertz CT molecular complexity index is 463. The molecule has 0 N–H and O–H groups in total. The van der Waals surface area contributed by atoms with Crippen molar-refractivity contribution in [3.63, 3.8) is 0 Å². The van der Waals surface area contributed by atoms with Crippen molar-refractivity contribution in [1.29, 1.82) is 0 Å². The quantitative estimate of drug-likeness (QED) is 0.733. The number of rotatable bonds is 2. The third kappa shape index (κ3) is 3.30. The van der Waals surface area contributed by atoms with Crippen molar-refractivity contribution in [1.82, 2.24) is 9.80 Å². The van der Waals surface area contributed by atoms with Crippen LogP contribution in [0.25, 0.3) is 0 Å². The van der Waals surface area contributed by atoms with Gasteiger partial charge in [0, 0.05) is 33.1 Å². The lowest BCUT2D eigenvalue weighted by molar-refractivity contribution is -0.134. The Balaban J connectivity index is 2.01. The Morgan fingerprint density at radius 1 is 1.00 bits per heavy atom. The molecule has 2 amide bonds. The highest BCUT2D eigenvalue weighted by molar-refractivity contribution is 5.84. The van der Waals surface area contributed by atoms with Crippen molar-refractivity contribution >= 4 is 11.8 Å². The Hall–Kier alpha value is -1.32. The fraction of sp³-hybridized carbons (Fsp3) is 0.765. The van der Waals surface area contributed by atoms with Gasteiger partial charge in [0.15, 0.2) is 0 Å². The van der Waals surface area contributed by atoms with E-state index in [0.717, 1.165) is 19.5 Å². The predicted molar refractivity (Wildman–Crippen MR) is 83.6 cm³/mol. The van der Waals surface area contributed by atoms with Crippen molar-refractivity contribution in [3.05, 3.63) is 11.6 Å². The molecule has 0 aromatic heterocycles. The molecule has 0 radical (unpaired) electrons. The third-order valence-electron chi connectivity index (χ3n) is 4.94. The standard InChI is InChI=1S/C17H28N2O2/c1-12(2)11-14-15(17(14,4)5)16(21)19-8-6-7-18(9-10-19)13(3)20/h11,14-15H,6-10H2,1-5H3. The summed E-state index contributed by atoms with van der Waals surface area (Å²) >= 11 is 0. The molecule has 0 aromatic rings. The number of allylic oxidation sites excluding steroid dienone is 2. The van der Waals surface area contributed by atoms with Gasteiger partial charge in [-0.2, -0.15) is 0 Å². The Morgan fingerprint density at radius 3 is 2.14 bits per heavy atom.